The third kappa shape index (κ3) is 2.24. The Bertz CT molecular complexity index is 610. The fourth-order valence-electron chi connectivity index (χ4n) is 7.18. The molecular formula is C24H36. The monoisotopic (exact) mass is 324 g/mol. The lowest BCUT2D eigenvalue weighted by Crippen LogP contribution is -2.29. The highest BCUT2D eigenvalue weighted by atomic mass is 14.7. The first-order valence-electron chi connectivity index (χ1n) is 10.3. The van der Waals surface area contributed by atoms with E-state index in [0.717, 1.165) is 23.7 Å². The minimum absolute atomic E-state index is 0.293. The lowest BCUT2D eigenvalue weighted by atomic mass is 9.67. The van der Waals surface area contributed by atoms with Crippen LogP contribution in [0, 0.1) is 29.1 Å². The molecule has 3 unspecified atom stereocenters. The van der Waals surface area contributed by atoms with Crippen molar-refractivity contribution in [3.8, 4) is 0 Å². The highest BCUT2D eigenvalue weighted by Gasteiger charge is 2.66. The highest BCUT2D eigenvalue weighted by Crippen LogP contribution is 2.72. The summed E-state index contributed by atoms with van der Waals surface area (Å²) in [5.41, 5.74) is 4.35. The van der Waals surface area contributed by atoms with Gasteiger partial charge in [0.15, 0.2) is 0 Å². The van der Waals surface area contributed by atoms with Crippen LogP contribution in [0.25, 0.3) is 0 Å². The maximum absolute atomic E-state index is 2.54. The molecule has 2 fully saturated rings. The van der Waals surface area contributed by atoms with Gasteiger partial charge >= 0.3 is 0 Å². The molecule has 132 valence electrons. The SMILES string of the molecule is CC1CC(C)(C)c2ccc(cc2)C(C)(C)C2C(C)C23CCC1CC3. The minimum Gasteiger partial charge on any atom is -0.0622 e. The minimum atomic E-state index is 0.293. The van der Waals surface area contributed by atoms with E-state index in [-0.39, 0.29) is 0 Å². The van der Waals surface area contributed by atoms with Gasteiger partial charge in [0.1, 0.15) is 0 Å². The lowest BCUT2D eigenvalue weighted by molar-refractivity contribution is 0.154. The molecule has 0 heterocycles. The van der Waals surface area contributed by atoms with Gasteiger partial charge in [0.25, 0.3) is 0 Å². The van der Waals surface area contributed by atoms with Crippen molar-refractivity contribution in [2.24, 2.45) is 29.1 Å². The highest BCUT2D eigenvalue weighted by molar-refractivity contribution is 5.36. The Morgan fingerprint density at radius 2 is 1.38 bits per heavy atom. The number of benzene rings is 1. The Balaban J connectivity index is 1.79. The van der Waals surface area contributed by atoms with Gasteiger partial charge in [-0.05, 0) is 83.1 Å². The topological polar surface area (TPSA) is 0 Å². The molecule has 0 radical (unpaired) electrons. The predicted octanol–water partition coefficient (Wildman–Crippen LogP) is 6.72. The summed E-state index contributed by atoms with van der Waals surface area (Å²) in [6, 6.07) is 9.77. The first-order chi connectivity index (χ1) is 11.2. The van der Waals surface area contributed by atoms with Crippen LogP contribution in [-0.4, -0.2) is 0 Å². The molecule has 2 saturated carbocycles. The Kier molecular flexibility index (Phi) is 3.56. The quantitative estimate of drug-likeness (QED) is 0.496. The van der Waals surface area contributed by atoms with Crippen LogP contribution in [0.5, 0.6) is 0 Å². The van der Waals surface area contributed by atoms with E-state index in [9.17, 15) is 0 Å². The summed E-state index contributed by atoms with van der Waals surface area (Å²) in [4.78, 5) is 0. The molecule has 4 bridgehead atoms. The lowest BCUT2D eigenvalue weighted by Gasteiger charge is -2.38. The van der Waals surface area contributed by atoms with Crippen LogP contribution < -0.4 is 0 Å². The summed E-state index contributed by atoms with van der Waals surface area (Å²) in [5.74, 6) is 3.58. The van der Waals surface area contributed by atoms with Gasteiger partial charge in [0.05, 0.1) is 0 Å². The molecule has 0 N–H and O–H groups in total. The zero-order valence-electron chi connectivity index (χ0n) is 16.7. The third-order valence-electron chi connectivity index (χ3n) is 8.70. The summed E-state index contributed by atoms with van der Waals surface area (Å²) < 4.78 is 0. The molecule has 6 aliphatic rings. The van der Waals surface area contributed by atoms with Gasteiger partial charge in [-0.1, -0.05) is 65.8 Å². The average Bonchev–Trinajstić information content (AvgIpc) is 3.10. The van der Waals surface area contributed by atoms with Crippen LogP contribution in [0.3, 0.4) is 0 Å². The molecule has 0 nitrogen and oxygen atoms in total. The van der Waals surface area contributed by atoms with Crippen LogP contribution in [0.4, 0.5) is 0 Å². The molecule has 1 aromatic carbocycles. The first-order valence-corrected chi connectivity index (χ1v) is 10.3. The Hall–Kier alpha value is -0.780. The van der Waals surface area contributed by atoms with Crippen molar-refractivity contribution < 1.29 is 0 Å². The number of rotatable bonds is 0. The van der Waals surface area contributed by atoms with E-state index >= 15 is 0 Å². The van der Waals surface area contributed by atoms with Crippen molar-refractivity contribution in [3.63, 3.8) is 0 Å². The molecule has 7 rings (SSSR count). The summed E-state index contributed by atoms with van der Waals surface area (Å²) in [6.07, 6.45) is 7.23. The molecule has 1 aromatic rings. The third-order valence-corrected chi connectivity index (χ3v) is 8.70. The van der Waals surface area contributed by atoms with Gasteiger partial charge in [-0.2, -0.15) is 0 Å². The van der Waals surface area contributed by atoms with Gasteiger partial charge in [0.2, 0.25) is 0 Å². The standard InChI is InChI=1S/C24H36/c1-16-15-22(3,4)19-7-9-20(10-8-19)23(5,6)21-17(2)24(21)13-11-18(16)12-14-24/h7-10,16-18,21H,11-15H2,1-6H3. The van der Waals surface area contributed by atoms with Gasteiger partial charge < -0.3 is 0 Å². The van der Waals surface area contributed by atoms with Crippen molar-refractivity contribution in [1.29, 1.82) is 0 Å². The average molecular weight is 325 g/mol. The molecule has 3 atom stereocenters. The van der Waals surface area contributed by atoms with Gasteiger partial charge in [-0.3, -0.25) is 0 Å². The van der Waals surface area contributed by atoms with E-state index in [1.165, 1.54) is 37.7 Å². The summed E-state index contributed by atoms with van der Waals surface area (Å²) in [5, 5.41) is 0. The summed E-state index contributed by atoms with van der Waals surface area (Å²) >= 11 is 0. The van der Waals surface area contributed by atoms with Crippen LogP contribution >= 0.6 is 0 Å². The van der Waals surface area contributed by atoms with Crippen LogP contribution in [0.1, 0.15) is 84.8 Å². The molecule has 0 aromatic heterocycles. The van der Waals surface area contributed by atoms with Crippen molar-refractivity contribution in [1.82, 2.24) is 0 Å². The molecule has 6 aliphatic carbocycles. The van der Waals surface area contributed by atoms with E-state index in [4.69, 9.17) is 0 Å². The molecule has 0 saturated heterocycles. The second kappa shape index (κ2) is 5.12. The molecule has 0 aliphatic heterocycles. The maximum Gasteiger partial charge on any atom is -0.00672 e. The number of hydrogen-bond acceptors (Lipinski definition) is 0. The van der Waals surface area contributed by atoms with Crippen molar-refractivity contribution >= 4 is 0 Å². The summed E-state index contributed by atoms with van der Waals surface area (Å²) in [6.45, 7) is 15.0. The zero-order chi connectivity index (χ0) is 17.3. The second-order valence-electron chi connectivity index (χ2n) is 10.7. The fourth-order valence-corrected chi connectivity index (χ4v) is 7.18. The van der Waals surface area contributed by atoms with Gasteiger partial charge in [-0.15, -0.1) is 0 Å². The Morgan fingerprint density at radius 1 is 0.833 bits per heavy atom. The van der Waals surface area contributed by atoms with Crippen LogP contribution in [-0.2, 0) is 10.8 Å². The van der Waals surface area contributed by atoms with E-state index in [1.54, 1.807) is 5.56 Å². The van der Waals surface area contributed by atoms with E-state index in [2.05, 4.69) is 65.8 Å². The van der Waals surface area contributed by atoms with Crippen molar-refractivity contribution in [3.05, 3.63) is 35.4 Å². The zero-order valence-corrected chi connectivity index (χ0v) is 16.7. The van der Waals surface area contributed by atoms with E-state index in [1.807, 2.05) is 0 Å². The Labute approximate surface area is 149 Å². The predicted molar refractivity (Wildman–Crippen MR) is 103 cm³/mol. The van der Waals surface area contributed by atoms with Gasteiger partial charge in [-0.25, -0.2) is 0 Å². The Morgan fingerprint density at radius 3 is 1.96 bits per heavy atom. The smallest absolute Gasteiger partial charge is 0.00672 e. The normalized spacial score (nSPS) is 42.6. The molecule has 24 heavy (non-hydrogen) atoms. The molecule has 0 heteroatoms. The largest absolute Gasteiger partial charge is 0.0622 e. The van der Waals surface area contributed by atoms with Crippen molar-refractivity contribution in [2.45, 2.75) is 84.5 Å². The fraction of sp³-hybridized carbons (Fsp3) is 0.750. The summed E-state index contributed by atoms with van der Waals surface area (Å²) in [7, 11) is 0. The molecule has 0 amide bonds. The van der Waals surface area contributed by atoms with Crippen LogP contribution in [0.2, 0.25) is 0 Å². The van der Waals surface area contributed by atoms with E-state index < -0.39 is 0 Å². The van der Waals surface area contributed by atoms with Crippen molar-refractivity contribution in [2.75, 3.05) is 0 Å². The molecule has 1 spiro atoms. The van der Waals surface area contributed by atoms with E-state index in [0.29, 0.717) is 16.2 Å². The van der Waals surface area contributed by atoms with Crippen LogP contribution in [0.15, 0.2) is 24.3 Å². The first kappa shape index (κ1) is 16.7. The second-order valence-corrected chi connectivity index (χ2v) is 10.7. The van der Waals surface area contributed by atoms with Gasteiger partial charge in [0, 0.05) is 0 Å². The maximum atomic E-state index is 2.54. The molecular weight excluding hydrogens is 288 g/mol. The number of hydrogen-bond donors (Lipinski definition) is 0.